The van der Waals surface area contributed by atoms with Gasteiger partial charge in [0.1, 0.15) is 0 Å². The first-order chi connectivity index (χ1) is 10.0. The van der Waals surface area contributed by atoms with Gasteiger partial charge in [-0.05, 0) is 50.2 Å². The quantitative estimate of drug-likeness (QED) is 0.836. The van der Waals surface area contributed by atoms with Crippen molar-refractivity contribution < 1.29 is 9.90 Å². The number of aryl methyl sites for hydroxylation is 1. The lowest BCUT2D eigenvalue weighted by Gasteiger charge is -2.38. The van der Waals surface area contributed by atoms with E-state index in [0.717, 1.165) is 31.2 Å². The fraction of sp³-hybridized carbons (Fsp3) is 0.500. The second kappa shape index (κ2) is 6.90. The molecule has 3 heteroatoms. The lowest BCUT2D eigenvalue weighted by atomic mass is 9.77. The molecule has 0 aromatic heterocycles. The van der Waals surface area contributed by atoms with E-state index in [1.807, 2.05) is 37.3 Å². The van der Waals surface area contributed by atoms with Crippen LogP contribution in [0.4, 0.5) is 0 Å². The van der Waals surface area contributed by atoms with Crippen molar-refractivity contribution in [2.24, 2.45) is 5.92 Å². The van der Waals surface area contributed by atoms with Gasteiger partial charge in [-0.25, -0.2) is 0 Å². The molecule has 2 rings (SSSR count). The molecule has 0 unspecified atom stereocenters. The van der Waals surface area contributed by atoms with Gasteiger partial charge in [-0.1, -0.05) is 36.8 Å². The number of rotatable bonds is 4. The zero-order valence-electron chi connectivity index (χ0n) is 12.9. The molecule has 0 bridgehead atoms. The fourth-order valence-electron chi connectivity index (χ4n) is 2.89. The maximum absolute atomic E-state index is 12.1. The summed E-state index contributed by atoms with van der Waals surface area (Å²) in [7, 11) is 0. The van der Waals surface area contributed by atoms with E-state index in [1.54, 1.807) is 6.08 Å². The minimum absolute atomic E-state index is 0.0176. The maximum Gasteiger partial charge on any atom is 0.244 e. The molecule has 0 spiro atoms. The Hall–Kier alpha value is -1.61. The van der Waals surface area contributed by atoms with Crippen molar-refractivity contribution in [2.45, 2.75) is 45.1 Å². The van der Waals surface area contributed by atoms with Gasteiger partial charge in [-0.15, -0.1) is 0 Å². The van der Waals surface area contributed by atoms with E-state index in [9.17, 15) is 9.90 Å². The van der Waals surface area contributed by atoms with Crippen LogP contribution in [0.15, 0.2) is 30.3 Å². The highest BCUT2D eigenvalue weighted by Gasteiger charge is 2.34. The Labute approximate surface area is 127 Å². The molecule has 1 aliphatic rings. The second-order valence-electron chi connectivity index (χ2n) is 6.36. The third-order valence-corrected chi connectivity index (χ3v) is 4.39. The van der Waals surface area contributed by atoms with Gasteiger partial charge in [0.05, 0.1) is 12.1 Å². The number of aliphatic hydroxyl groups excluding tert-OH is 1. The molecule has 1 aromatic carbocycles. The molecular formula is C18H25NO2. The summed E-state index contributed by atoms with van der Waals surface area (Å²) >= 11 is 0. The average Bonchev–Trinajstić information content (AvgIpc) is 2.48. The highest BCUT2D eigenvalue weighted by Crippen LogP contribution is 2.31. The van der Waals surface area contributed by atoms with E-state index < -0.39 is 5.54 Å². The number of benzene rings is 1. The Morgan fingerprint density at radius 3 is 2.76 bits per heavy atom. The highest BCUT2D eigenvalue weighted by atomic mass is 16.3. The summed E-state index contributed by atoms with van der Waals surface area (Å²) in [5, 5.41) is 12.7. The van der Waals surface area contributed by atoms with Crippen LogP contribution in [-0.2, 0) is 4.79 Å². The van der Waals surface area contributed by atoms with Crippen LogP contribution in [0.1, 0.15) is 43.7 Å². The average molecular weight is 287 g/mol. The minimum atomic E-state index is -0.430. The van der Waals surface area contributed by atoms with Gasteiger partial charge in [-0.3, -0.25) is 4.79 Å². The van der Waals surface area contributed by atoms with Crippen LogP contribution in [0, 0.1) is 12.8 Å². The van der Waals surface area contributed by atoms with E-state index in [4.69, 9.17) is 0 Å². The molecule has 0 aliphatic heterocycles. The molecule has 0 atom stereocenters. The Morgan fingerprint density at radius 2 is 2.14 bits per heavy atom. The third kappa shape index (κ3) is 4.43. The van der Waals surface area contributed by atoms with Crippen LogP contribution in [0.5, 0.6) is 0 Å². The molecule has 1 amide bonds. The molecule has 1 aliphatic carbocycles. The first kappa shape index (κ1) is 15.8. The number of carbonyl (C=O) groups is 1. The van der Waals surface area contributed by atoms with Crippen LogP contribution in [0.3, 0.4) is 0 Å². The van der Waals surface area contributed by atoms with E-state index in [1.165, 1.54) is 5.56 Å². The van der Waals surface area contributed by atoms with Crippen molar-refractivity contribution in [3.8, 4) is 0 Å². The van der Waals surface area contributed by atoms with Crippen molar-refractivity contribution in [2.75, 3.05) is 6.61 Å². The van der Waals surface area contributed by atoms with Gasteiger partial charge < -0.3 is 10.4 Å². The van der Waals surface area contributed by atoms with Crippen molar-refractivity contribution in [1.29, 1.82) is 0 Å². The van der Waals surface area contributed by atoms with E-state index in [2.05, 4.69) is 12.2 Å². The number of hydrogen-bond donors (Lipinski definition) is 2. The first-order valence-corrected chi connectivity index (χ1v) is 7.71. The SMILES string of the molecule is Cc1cccc(C=CC(=O)NC2(CO)CCC(C)CC2)c1. The zero-order valence-corrected chi connectivity index (χ0v) is 12.9. The van der Waals surface area contributed by atoms with Crippen LogP contribution >= 0.6 is 0 Å². The lowest BCUT2D eigenvalue weighted by molar-refractivity contribution is -0.119. The van der Waals surface area contributed by atoms with Crippen molar-refractivity contribution in [1.82, 2.24) is 5.32 Å². The summed E-state index contributed by atoms with van der Waals surface area (Å²) in [6.45, 7) is 4.27. The number of aliphatic hydroxyl groups is 1. The fourth-order valence-corrected chi connectivity index (χ4v) is 2.89. The van der Waals surface area contributed by atoms with Gasteiger partial charge in [0.2, 0.25) is 5.91 Å². The molecule has 21 heavy (non-hydrogen) atoms. The first-order valence-electron chi connectivity index (χ1n) is 7.71. The standard InChI is InChI=1S/C18H25NO2/c1-14-8-10-18(13-20,11-9-14)19-17(21)7-6-16-5-3-4-15(2)12-16/h3-7,12,14,20H,8-11,13H2,1-2H3,(H,19,21). The Morgan fingerprint density at radius 1 is 1.43 bits per heavy atom. The monoisotopic (exact) mass is 287 g/mol. The normalized spacial score (nSPS) is 26.0. The third-order valence-electron chi connectivity index (χ3n) is 4.39. The summed E-state index contributed by atoms with van der Waals surface area (Å²) in [5.41, 5.74) is 1.76. The lowest BCUT2D eigenvalue weighted by Crippen LogP contribution is -2.52. The van der Waals surface area contributed by atoms with Gasteiger partial charge in [0, 0.05) is 6.08 Å². The molecule has 1 aromatic rings. The molecule has 1 saturated carbocycles. The smallest absolute Gasteiger partial charge is 0.244 e. The zero-order chi connectivity index (χ0) is 15.3. The summed E-state index contributed by atoms with van der Waals surface area (Å²) < 4.78 is 0. The van der Waals surface area contributed by atoms with E-state index in [-0.39, 0.29) is 12.5 Å². The summed E-state index contributed by atoms with van der Waals surface area (Å²) in [5.74, 6) is 0.560. The van der Waals surface area contributed by atoms with Crippen LogP contribution in [0.2, 0.25) is 0 Å². The van der Waals surface area contributed by atoms with E-state index in [0.29, 0.717) is 5.92 Å². The highest BCUT2D eigenvalue weighted by molar-refractivity contribution is 5.92. The number of carbonyl (C=O) groups excluding carboxylic acids is 1. The van der Waals surface area contributed by atoms with Crippen molar-refractivity contribution in [3.05, 3.63) is 41.5 Å². The predicted molar refractivity (Wildman–Crippen MR) is 85.8 cm³/mol. The molecule has 0 radical (unpaired) electrons. The predicted octanol–water partition coefficient (Wildman–Crippen LogP) is 3.07. The van der Waals surface area contributed by atoms with E-state index >= 15 is 0 Å². The van der Waals surface area contributed by atoms with Crippen molar-refractivity contribution >= 4 is 12.0 Å². The Balaban J connectivity index is 1.97. The van der Waals surface area contributed by atoms with Gasteiger partial charge >= 0.3 is 0 Å². The van der Waals surface area contributed by atoms with Crippen molar-refractivity contribution in [3.63, 3.8) is 0 Å². The number of nitrogens with one attached hydrogen (secondary N) is 1. The molecular weight excluding hydrogens is 262 g/mol. The Kier molecular flexibility index (Phi) is 5.18. The van der Waals surface area contributed by atoms with Crippen LogP contribution in [-0.4, -0.2) is 23.2 Å². The second-order valence-corrected chi connectivity index (χ2v) is 6.36. The molecule has 1 fully saturated rings. The van der Waals surface area contributed by atoms with Gasteiger partial charge in [-0.2, -0.15) is 0 Å². The number of amides is 1. The largest absolute Gasteiger partial charge is 0.394 e. The molecule has 0 heterocycles. The summed E-state index contributed by atoms with van der Waals surface area (Å²) in [4.78, 5) is 12.1. The van der Waals surface area contributed by atoms with Gasteiger partial charge in [0.25, 0.3) is 0 Å². The molecule has 2 N–H and O–H groups in total. The summed E-state index contributed by atoms with van der Waals surface area (Å²) in [6, 6.07) is 8.01. The topological polar surface area (TPSA) is 49.3 Å². The molecule has 3 nitrogen and oxygen atoms in total. The summed E-state index contributed by atoms with van der Waals surface area (Å²) in [6.07, 6.45) is 7.21. The minimum Gasteiger partial charge on any atom is -0.394 e. The van der Waals surface area contributed by atoms with Crippen LogP contribution in [0.25, 0.3) is 6.08 Å². The molecule has 0 saturated heterocycles. The Bertz CT molecular complexity index is 514. The van der Waals surface area contributed by atoms with Crippen LogP contribution < -0.4 is 5.32 Å². The number of hydrogen-bond acceptors (Lipinski definition) is 2. The van der Waals surface area contributed by atoms with Gasteiger partial charge in [0.15, 0.2) is 0 Å². The maximum atomic E-state index is 12.1. The molecule has 114 valence electrons.